The number of guanidine groups is 1. The van der Waals surface area contributed by atoms with Crippen molar-refractivity contribution in [1.82, 2.24) is 24.9 Å². The Kier molecular flexibility index (Phi) is 8.97. The van der Waals surface area contributed by atoms with Crippen molar-refractivity contribution in [2.24, 2.45) is 4.99 Å². The topological polar surface area (TPSA) is 37.4 Å². The molecule has 30 heavy (non-hydrogen) atoms. The van der Waals surface area contributed by atoms with E-state index in [1.807, 2.05) is 7.05 Å². The van der Waals surface area contributed by atoms with Gasteiger partial charge in [-0.2, -0.15) is 0 Å². The molecule has 0 spiro atoms. The van der Waals surface area contributed by atoms with Crippen LogP contribution in [0.3, 0.4) is 0 Å². The second-order valence-electron chi connectivity index (χ2n) is 8.61. The van der Waals surface area contributed by atoms with Crippen LogP contribution in [0.1, 0.15) is 38.8 Å². The SMILES string of the molecule is CCC(c1ccccc1)N1CCN(C(=NC)NCC(C)N2CCN(CC)CC2)CC1. The summed E-state index contributed by atoms with van der Waals surface area (Å²) in [5.74, 6) is 1.06. The zero-order chi connectivity index (χ0) is 21.3. The number of nitrogens with one attached hydrogen (secondary N) is 1. The van der Waals surface area contributed by atoms with Gasteiger partial charge >= 0.3 is 0 Å². The number of likely N-dealkylation sites (N-methyl/N-ethyl adjacent to an activating group) is 1. The summed E-state index contributed by atoms with van der Waals surface area (Å²) in [6, 6.07) is 12.0. The predicted molar refractivity (Wildman–Crippen MR) is 127 cm³/mol. The monoisotopic (exact) mass is 414 g/mol. The lowest BCUT2D eigenvalue weighted by molar-refractivity contribution is 0.105. The molecule has 2 saturated heterocycles. The highest BCUT2D eigenvalue weighted by Crippen LogP contribution is 2.25. The smallest absolute Gasteiger partial charge is 0.193 e. The molecule has 1 N–H and O–H groups in total. The Morgan fingerprint density at radius 2 is 1.57 bits per heavy atom. The summed E-state index contributed by atoms with van der Waals surface area (Å²) >= 11 is 0. The van der Waals surface area contributed by atoms with Crippen LogP contribution in [0.4, 0.5) is 0 Å². The Hall–Kier alpha value is -1.63. The molecule has 2 heterocycles. The first-order valence-corrected chi connectivity index (χ1v) is 11.9. The van der Waals surface area contributed by atoms with Crippen LogP contribution in [0.15, 0.2) is 35.3 Å². The van der Waals surface area contributed by atoms with Crippen LogP contribution in [0, 0.1) is 0 Å². The molecule has 2 aliphatic heterocycles. The highest BCUT2D eigenvalue weighted by atomic mass is 15.4. The van der Waals surface area contributed by atoms with Crippen molar-refractivity contribution in [3.63, 3.8) is 0 Å². The number of hydrogen-bond acceptors (Lipinski definition) is 4. The highest BCUT2D eigenvalue weighted by molar-refractivity contribution is 5.80. The number of hydrogen-bond donors (Lipinski definition) is 1. The molecule has 6 nitrogen and oxygen atoms in total. The summed E-state index contributed by atoms with van der Waals surface area (Å²) in [6.07, 6.45) is 1.15. The molecule has 0 aromatic heterocycles. The minimum Gasteiger partial charge on any atom is -0.355 e. The van der Waals surface area contributed by atoms with Gasteiger partial charge in [0.15, 0.2) is 5.96 Å². The Balaban J connectivity index is 1.46. The standard InChI is InChI=1S/C24H42N6/c1-5-23(22-10-8-7-9-11-22)29-16-18-30(19-17-29)24(25-4)26-20-21(3)28-14-12-27(6-2)13-15-28/h7-11,21,23H,5-6,12-20H2,1-4H3,(H,25,26). The average molecular weight is 415 g/mol. The van der Waals surface area contributed by atoms with Crippen LogP contribution in [0.2, 0.25) is 0 Å². The molecule has 0 saturated carbocycles. The maximum Gasteiger partial charge on any atom is 0.193 e. The fraction of sp³-hybridized carbons (Fsp3) is 0.708. The van der Waals surface area contributed by atoms with Gasteiger partial charge < -0.3 is 15.1 Å². The van der Waals surface area contributed by atoms with E-state index in [4.69, 9.17) is 0 Å². The molecule has 0 radical (unpaired) electrons. The zero-order valence-electron chi connectivity index (χ0n) is 19.6. The molecule has 6 heteroatoms. The maximum absolute atomic E-state index is 4.59. The molecule has 168 valence electrons. The molecule has 2 fully saturated rings. The minimum absolute atomic E-state index is 0.519. The quantitative estimate of drug-likeness (QED) is 0.548. The fourth-order valence-corrected chi connectivity index (χ4v) is 4.85. The molecular formula is C24H42N6. The summed E-state index contributed by atoms with van der Waals surface area (Å²) in [5.41, 5.74) is 1.44. The Labute approximate surface area is 183 Å². The predicted octanol–water partition coefficient (Wildman–Crippen LogP) is 2.36. The van der Waals surface area contributed by atoms with E-state index in [-0.39, 0.29) is 0 Å². The first kappa shape index (κ1) is 23.0. The van der Waals surface area contributed by atoms with Gasteiger partial charge in [0.25, 0.3) is 0 Å². The summed E-state index contributed by atoms with van der Waals surface area (Å²) in [5, 5.41) is 3.65. The van der Waals surface area contributed by atoms with Crippen LogP contribution < -0.4 is 5.32 Å². The lowest BCUT2D eigenvalue weighted by atomic mass is 10.0. The van der Waals surface area contributed by atoms with Gasteiger partial charge in [0, 0.05) is 78.0 Å². The highest BCUT2D eigenvalue weighted by Gasteiger charge is 2.26. The van der Waals surface area contributed by atoms with E-state index in [0.29, 0.717) is 12.1 Å². The summed E-state index contributed by atoms with van der Waals surface area (Å²) in [4.78, 5) is 14.8. The minimum atomic E-state index is 0.519. The van der Waals surface area contributed by atoms with E-state index in [2.05, 4.69) is 81.0 Å². The molecule has 0 amide bonds. The van der Waals surface area contributed by atoms with Crippen molar-refractivity contribution in [3.05, 3.63) is 35.9 Å². The van der Waals surface area contributed by atoms with Crippen molar-refractivity contribution < 1.29 is 0 Å². The molecule has 1 aromatic carbocycles. The van der Waals surface area contributed by atoms with E-state index in [9.17, 15) is 0 Å². The van der Waals surface area contributed by atoms with Gasteiger partial charge in [0.2, 0.25) is 0 Å². The Bertz CT molecular complexity index is 632. The van der Waals surface area contributed by atoms with Crippen molar-refractivity contribution in [2.45, 2.75) is 39.3 Å². The molecule has 2 aliphatic rings. The zero-order valence-corrected chi connectivity index (χ0v) is 19.6. The van der Waals surface area contributed by atoms with Gasteiger partial charge in [0.1, 0.15) is 0 Å². The van der Waals surface area contributed by atoms with Crippen molar-refractivity contribution in [1.29, 1.82) is 0 Å². The van der Waals surface area contributed by atoms with Gasteiger partial charge in [-0.1, -0.05) is 44.2 Å². The molecule has 3 rings (SSSR count). The maximum atomic E-state index is 4.59. The first-order chi connectivity index (χ1) is 14.7. The van der Waals surface area contributed by atoms with E-state index in [0.717, 1.165) is 45.1 Å². The summed E-state index contributed by atoms with van der Waals surface area (Å²) in [7, 11) is 1.91. The number of rotatable bonds is 7. The summed E-state index contributed by atoms with van der Waals surface area (Å²) < 4.78 is 0. The van der Waals surface area contributed by atoms with E-state index in [1.54, 1.807) is 0 Å². The van der Waals surface area contributed by atoms with Crippen molar-refractivity contribution >= 4 is 5.96 Å². The molecule has 0 aliphatic carbocycles. The average Bonchev–Trinajstić information content (AvgIpc) is 2.81. The van der Waals surface area contributed by atoms with Gasteiger partial charge in [-0.15, -0.1) is 0 Å². The number of aliphatic imine (C=N–C) groups is 1. The lowest BCUT2D eigenvalue weighted by Gasteiger charge is -2.41. The third kappa shape index (κ3) is 5.96. The Morgan fingerprint density at radius 1 is 0.933 bits per heavy atom. The van der Waals surface area contributed by atoms with Crippen LogP contribution in [0.25, 0.3) is 0 Å². The van der Waals surface area contributed by atoms with E-state index in [1.165, 1.54) is 38.3 Å². The van der Waals surface area contributed by atoms with Crippen LogP contribution in [-0.4, -0.2) is 104 Å². The molecule has 1 aromatic rings. The number of nitrogens with zero attached hydrogens (tertiary/aromatic N) is 5. The number of benzene rings is 1. The van der Waals surface area contributed by atoms with Crippen LogP contribution >= 0.6 is 0 Å². The first-order valence-electron chi connectivity index (χ1n) is 11.9. The van der Waals surface area contributed by atoms with Crippen molar-refractivity contribution in [3.8, 4) is 0 Å². The lowest BCUT2D eigenvalue weighted by Crippen LogP contribution is -2.56. The van der Waals surface area contributed by atoms with E-state index < -0.39 is 0 Å². The normalized spacial score (nSPS) is 22.1. The third-order valence-electron chi connectivity index (χ3n) is 6.87. The molecule has 0 bridgehead atoms. The second-order valence-corrected chi connectivity index (χ2v) is 8.61. The van der Waals surface area contributed by atoms with Gasteiger partial charge in [-0.25, -0.2) is 0 Å². The van der Waals surface area contributed by atoms with E-state index >= 15 is 0 Å². The van der Waals surface area contributed by atoms with Crippen LogP contribution in [0.5, 0.6) is 0 Å². The molecular weight excluding hydrogens is 372 g/mol. The summed E-state index contributed by atoms with van der Waals surface area (Å²) in [6.45, 7) is 18.0. The number of piperazine rings is 2. The van der Waals surface area contributed by atoms with Gasteiger partial charge in [-0.05, 0) is 25.5 Å². The van der Waals surface area contributed by atoms with Gasteiger partial charge in [0.05, 0.1) is 0 Å². The second kappa shape index (κ2) is 11.7. The Morgan fingerprint density at radius 3 is 2.13 bits per heavy atom. The molecule has 2 atom stereocenters. The van der Waals surface area contributed by atoms with Gasteiger partial charge in [-0.3, -0.25) is 14.8 Å². The van der Waals surface area contributed by atoms with Crippen molar-refractivity contribution in [2.75, 3.05) is 72.5 Å². The third-order valence-corrected chi connectivity index (χ3v) is 6.87. The molecule has 2 unspecified atom stereocenters. The largest absolute Gasteiger partial charge is 0.355 e. The fourth-order valence-electron chi connectivity index (χ4n) is 4.85. The van der Waals surface area contributed by atoms with Crippen LogP contribution in [-0.2, 0) is 0 Å².